The Morgan fingerprint density at radius 2 is 1.62 bits per heavy atom. The van der Waals surface area contributed by atoms with Gasteiger partial charge in [0.1, 0.15) is 0 Å². The summed E-state index contributed by atoms with van der Waals surface area (Å²) in [4.78, 5) is 40.9. The molecule has 3 amide bonds. The van der Waals surface area contributed by atoms with Crippen LogP contribution in [0.1, 0.15) is 29.3 Å². The molecule has 1 atom stereocenters. The molecule has 1 aliphatic heterocycles. The van der Waals surface area contributed by atoms with E-state index in [2.05, 4.69) is 34.5 Å². The molecule has 3 rings (SSSR count). The number of carbonyl (C=O) groups is 3. The lowest BCUT2D eigenvalue weighted by Crippen LogP contribution is -2.64. The second kappa shape index (κ2) is 11.2. The summed E-state index contributed by atoms with van der Waals surface area (Å²) >= 11 is 0. The molecule has 9 heteroatoms. The van der Waals surface area contributed by atoms with Crippen molar-refractivity contribution in [2.24, 2.45) is 0 Å². The number of benzene rings is 2. The number of rotatable bonds is 7. The van der Waals surface area contributed by atoms with Crippen molar-refractivity contribution in [1.82, 2.24) is 20.6 Å². The van der Waals surface area contributed by atoms with Crippen molar-refractivity contribution < 1.29 is 24.3 Å². The molecule has 0 aliphatic carbocycles. The van der Waals surface area contributed by atoms with Crippen LogP contribution >= 0.6 is 0 Å². The molecule has 1 saturated heterocycles. The molecule has 1 heterocycles. The minimum Gasteiger partial charge on any atom is -0.380 e. The highest BCUT2D eigenvalue weighted by molar-refractivity contribution is 6.12. The average Bonchev–Trinajstić information content (AvgIpc) is 3.15. The molecule has 1 aliphatic rings. The monoisotopic (exact) mass is 468 g/mol. The van der Waals surface area contributed by atoms with Gasteiger partial charge in [-0.25, -0.2) is 5.48 Å². The van der Waals surface area contributed by atoms with Crippen LogP contribution in [0.4, 0.5) is 0 Å². The fourth-order valence-corrected chi connectivity index (χ4v) is 3.98. The third-order valence-electron chi connectivity index (χ3n) is 6.33. The molecular formula is C25H32N4O5. The molecule has 0 spiro atoms. The quantitative estimate of drug-likeness (QED) is 0.324. The summed E-state index contributed by atoms with van der Waals surface area (Å²) in [5.41, 5.74) is 3.05. The van der Waals surface area contributed by atoms with Crippen LogP contribution in [0.5, 0.6) is 0 Å². The molecular weight excluding hydrogens is 436 g/mol. The van der Waals surface area contributed by atoms with E-state index < -0.39 is 23.3 Å². The number of carbonyl (C=O) groups excluding carboxylic acids is 3. The van der Waals surface area contributed by atoms with E-state index in [4.69, 9.17) is 9.94 Å². The Morgan fingerprint density at radius 1 is 1.00 bits per heavy atom. The zero-order valence-corrected chi connectivity index (χ0v) is 19.8. The average molecular weight is 469 g/mol. The maximum absolute atomic E-state index is 13.0. The van der Waals surface area contributed by atoms with Crippen LogP contribution in [0.25, 0.3) is 11.1 Å². The van der Waals surface area contributed by atoms with Gasteiger partial charge in [0.05, 0.1) is 6.61 Å². The van der Waals surface area contributed by atoms with Crippen LogP contribution in [0, 0.1) is 0 Å². The van der Waals surface area contributed by atoms with Gasteiger partial charge in [0.15, 0.2) is 5.54 Å². The van der Waals surface area contributed by atoms with Crippen molar-refractivity contribution in [2.75, 3.05) is 40.4 Å². The van der Waals surface area contributed by atoms with E-state index in [1.165, 1.54) is 32.1 Å². The van der Waals surface area contributed by atoms with E-state index in [0.717, 1.165) is 55.3 Å². The fraction of sp³-hybridized carbons (Fsp3) is 0.400. The molecule has 3 N–H and O–H groups in total. The van der Waals surface area contributed by atoms with Crippen LogP contribution < -0.4 is 10.8 Å². The molecule has 2 aromatic rings. The second-order valence-corrected chi connectivity index (χ2v) is 8.47. The fourth-order valence-electron chi connectivity index (χ4n) is 3.98. The van der Waals surface area contributed by atoms with Gasteiger partial charge < -0.3 is 15.0 Å². The molecule has 34 heavy (non-hydrogen) atoms. The number of amides is 3. The van der Waals surface area contributed by atoms with Gasteiger partial charge in [-0.1, -0.05) is 36.4 Å². The smallest absolute Gasteiger partial charge is 0.278 e. The van der Waals surface area contributed by atoms with Crippen LogP contribution in [-0.4, -0.2) is 78.7 Å². The minimum absolute atomic E-state index is 0.312. The van der Waals surface area contributed by atoms with Crippen molar-refractivity contribution in [1.29, 1.82) is 0 Å². The van der Waals surface area contributed by atoms with Gasteiger partial charge in [-0.05, 0) is 42.2 Å². The molecule has 9 nitrogen and oxygen atoms in total. The van der Waals surface area contributed by atoms with Crippen LogP contribution in [0.2, 0.25) is 0 Å². The van der Waals surface area contributed by atoms with Gasteiger partial charge in [-0.3, -0.25) is 24.5 Å². The Kier molecular flexibility index (Phi) is 8.38. The van der Waals surface area contributed by atoms with Gasteiger partial charge in [-0.2, -0.15) is 0 Å². The van der Waals surface area contributed by atoms with Gasteiger partial charge in [0, 0.05) is 45.9 Å². The summed E-state index contributed by atoms with van der Waals surface area (Å²) in [7, 11) is 2.70. The Bertz CT molecular complexity index is 983. The van der Waals surface area contributed by atoms with Crippen LogP contribution in [-0.2, 0) is 20.9 Å². The second-order valence-electron chi connectivity index (χ2n) is 8.47. The molecule has 1 fully saturated rings. The first kappa shape index (κ1) is 25.4. The summed E-state index contributed by atoms with van der Waals surface area (Å²) in [5.74, 6) is -2.26. The van der Waals surface area contributed by atoms with Crippen molar-refractivity contribution in [2.45, 2.75) is 25.4 Å². The maximum Gasteiger partial charge on any atom is 0.278 e. The van der Waals surface area contributed by atoms with Crippen molar-refractivity contribution in [3.63, 3.8) is 0 Å². The maximum atomic E-state index is 13.0. The van der Waals surface area contributed by atoms with E-state index >= 15 is 0 Å². The molecule has 0 bridgehead atoms. The van der Waals surface area contributed by atoms with E-state index in [1.807, 2.05) is 12.1 Å². The minimum atomic E-state index is -1.92. The molecule has 182 valence electrons. The first-order valence-electron chi connectivity index (χ1n) is 11.3. The number of hydroxylamine groups is 1. The SMILES string of the molecule is CNC(=O)C(C)(C(=O)NO)N(C)C(=O)c1ccc(-c2ccc(CN3CCCOCC3)cc2)cc1. The zero-order valence-electron chi connectivity index (χ0n) is 19.8. The summed E-state index contributed by atoms with van der Waals surface area (Å²) in [6, 6.07) is 15.3. The molecule has 0 saturated carbocycles. The van der Waals surface area contributed by atoms with Crippen molar-refractivity contribution >= 4 is 17.7 Å². The predicted octanol–water partition coefficient (Wildman–Crippen LogP) is 1.66. The molecule has 1 unspecified atom stereocenters. The third kappa shape index (κ3) is 5.44. The van der Waals surface area contributed by atoms with Crippen molar-refractivity contribution in [3.8, 4) is 11.1 Å². The van der Waals surface area contributed by atoms with Gasteiger partial charge in [0.2, 0.25) is 0 Å². The molecule has 0 radical (unpaired) electrons. The largest absolute Gasteiger partial charge is 0.380 e. The summed E-state index contributed by atoms with van der Waals surface area (Å²) in [5, 5.41) is 11.4. The van der Waals surface area contributed by atoms with Gasteiger partial charge >= 0.3 is 0 Å². The summed E-state index contributed by atoms with van der Waals surface area (Å²) in [6.45, 7) is 5.71. The zero-order chi connectivity index (χ0) is 24.7. The van der Waals surface area contributed by atoms with E-state index in [1.54, 1.807) is 12.1 Å². The number of nitrogens with one attached hydrogen (secondary N) is 2. The Hall–Kier alpha value is -3.27. The van der Waals surface area contributed by atoms with Gasteiger partial charge in [-0.15, -0.1) is 0 Å². The molecule has 0 aromatic heterocycles. The van der Waals surface area contributed by atoms with Crippen LogP contribution in [0.15, 0.2) is 48.5 Å². The first-order valence-corrected chi connectivity index (χ1v) is 11.3. The number of likely N-dealkylation sites (N-methyl/N-ethyl adjacent to an activating group) is 2. The predicted molar refractivity (Wildman–Crippen MR) is 127 cm³/mol. The normalized spacial score (nSPS) is 16.1. The standard InChI is InChI=1S/C25H32N4O5/c1-25(23(31)26-2,24(32)27-33)28(3)22(30)21-11-9-20(10-12-21)19-7-5-18(6-8-19)17-29-13-4-15-34-16-14-29/h5-12,33H,4,13-17H2,1-3H3,(H,26,31)(H,27,32). The highest BCUT2D eigenvalue weighted by Crippen LogP contribution is 2.23. The molecule has 2 aromatic carbocycles. The lowest BCUT2D eigenvalue weighted by Gasteiger charge is -2.34. The first-order chi connectivity index (χ1) is 16.3. The van der Waals surface area contributed by atoms with Crippen LogP contribution in [0.3, 0.4) is 0 Å². The Morgan fingerprint density at radius 3 is 2.21 bits per heavy atom. The van der Waals surface area contributed by atoms with E-state index in [0.29, 0.717) is 5.56 Å². The van der Waals surface area contributed by atoms with Crippen molar-refractivity contribution in [3.05, 3.63) is 59.7 Å². The third-order valence-corrected chi connectivity index (χ3v) is 6.33. The highest BCUT2D eigenvalue weighted by atomic mass is 16.5. The topological polar surface area (TPSA) is 111 Å². The summed E-state index contributed by atoms with van der Waals surface area (Å²) < 4.78 is 5.51. The Balaban J connectivity index is 1.72. The van der Waals surface area contributed by atoms with E-state index in [-0.39, 0.29) is 0 Å². The summed E-state index contributed by atoms with van der Waals surface area (Å²) in [6.07, 6.45) is 1.05. The Labute approximate surface area is 199 Å². The number of nitrogens with zero attached hydrogens (tertiary/aromatic N) is 2. The lowest BCUT2D eigenvalue weighted by atomic mass is 9.96. The highest BCUT2D eigenvalue weighted by Gasteiger charge is 2.47. The lowest BCUT2D eigenvalue weighted by molar-refractivity contribution is -0.148. The number of hydrogen-bond acceptors (Lipinski definition) is 6. The van der Waals surface area contributed by atoms with Gasteiger partial charge in [0.25, 0.3) is 17.7 Å². The number of hydrogen-bond donors (Lipinski definition) is 3. The van der Waals surface area contributed by atoms with E-state index in [9.17, 15) is 14.4 Å². The number of ether oxygens (including phenoxy) is 1.